The van der Waals surface area contributed by atoms with Crippen molar-refractivity contribution in [2.24, 2.45) is 7.05 Å². The number of aromatic nitrogens is 4. The van der Waals surface area contributed by atoms with Crippen LogP contribution in [0.5, 0.6) is 5.75 Å². The Morgan fingerprint density at radius 3 is 3.00 bits per heavy atom. The molecule has 0 radical (unpaired) electrons. The number of methoxy groups -OCH3 is 1. The van der Waals surface area contributed by atoms with Gasteiger partial charge in [-0.05, 0) is 13.0 Å². The normalized spacial score (nSPS) is 12.4. The molecule has 1 atom stereocenters. The molecule has 0 aliphatic rings. The molecule has 0 fully saturated rings. The van der Waals surface area contributed by atoms with Gasteiger partial charge in [0.2, 0.25) is 0 Å². The molecular formula is C12H17N5O. The van der Waals surface area contributed by atoms with E-state index in [1.54, 1.807) is 30.5 Å². The third-order valence-electron chi connectivity index (χ3n) is 2.72. The van der Waals surface area contributed by atoms with E-state index in [0.717, 1.165) is 17.1 Å². The van der Waals surface area contributed by atoms with Crippen molar-refractivity contribution in [3.05, 3.63) is 36.2 Å². The van der Waals surface area contributed by atoms with Gasteiger partial charge in [-0.3, -0.25) is 9.67 Å². The largest absolute Gasteiger partial charge is 0.495 e. The van der Waals surface area contributed by atoms with Gasteiger partial charge in [-0.25, -0.2) is 4.98 Å². The minimum Gasteiger partial charge on any atom is -0.495 e. The van der Waals surface area contributed by atoms with Crippen LogP contribution >= 0.6 is 0 Å². The Bertz CT molecular complexity index is 511. The van der Waals surface area contributed by atoms with E-state index < -0.39 is 0 Å². The zero-order valence-corrected chi connectivity index (χ0v) is 10.8. The predicted molar refractivity (Wildman–Crippen MR) is 67.0 cm³/mol. The van der Waals surface area contributed by atoms with Crippen molar-refractivity contribution in [3.8, 4) is 5.75 Å². The average Bonchev–Trinajstić information content (AvgIpc) is 2.81. The molecule has 2 aromatic rings. The Morgan fingerprint density at radius 1 is 1.50 bits per heavy atom. The van der Waals surface area contributed by atoms with Crippen LogP contribution in [0.3, 0.4) is 0 Å². The summed E-state index contributed by atoms with van der Waals surface area (Å²) in [5.41, 5.74) is 1.07. The minimum absolute atomic E-state index is 0.145. The first-order valence-electron chi connectivity index (χ1n) is 5.76. The second kappa shape index (κ2) is 5.59. The maximum absolute atomic E-state index is 5.28. The number of nitrogens with one attached hydrogen (secondary N) is 1. The molecule has 18 heavy (non-hydrogen) atoms. The Morgan fingerprint density at radius 2 is 2.33 bits per heavy atom. The van der Waals surface area contributed by atoms with Crippen molar-refractivity contribution in [1.29, 1.82) is 0 Å². The van der Waals surface area contributed by atoms with Crippen LogP contribution in [0.2, 0.25) is 0 Å². The Hall–Kier alpha value is -1.95. The second-order valence-corrected chi connectivity index (χ2v) is 4.05. The van der Waals surface area contributed by atoms with Crippen LogP contribution in [-0.4, -0.2) is 26.9 Å². The van der Waals surface area contributed by atoms with Crippen LogP contribution in [0.1, 0.15) is 24.4 Å². The molecule has 1 N–H and O–H groups in total. The summed E-state index contributed by atoms with van der Waals surface area (Å²) >= 11 is 0. The molecule has 0 spiro atoms. The number of nitrogens with zero attached hydrogens (tertiary/aromatic N) is 4. The van der Waals surface area contributed by atoms with Gasteiger partial charge in [-0.2, -0.15) is 5.10 Å². The highest BCUT2D eigenvalue weighted by atomic mass is 16.5. The number of pyridine rings is 1. The summed E-state index contributed by atoms with van der Waals surface area (Å²) in [7, 11) is 3.50. The van der Waals surface area contributed by atoms with Gasteiger partial charge in [-0.15, -0.1) is 0 Å². The monoisotopic (exact) mass is 247 g/mol. The van der Waals surface area contributed by atoms with E-state index >= 15 is 0 Å². The zero-order chi connectivity index (χ0) is 13.0. The van der Waals surface area contributed by atoms with Gasteiger partial charge in [0.25, 0.3) is 0 Å². The summed E-state index contributed by atoms with van der Waals surface area (Å²) in [6.07, 6.45) is 5.16. The van der Waals surface area contributed by atoms with Crippen molar-refractivity contribution in [1.82, 2.24) is 25.1 Å². The third kappa shape index (κ3) is 2.84. The molecule has 1 unspecified atom stereocenters. The zero-order valence-electron chi connectivity index (χ0n) is 10.8. The average molecular weight is 247 g/mol. The fraction of sp³-hybridized carbons (Fsp3) is 0.417. The van der Waals surface area contributed by atoms with Crippen LogP contribution < -0.4 is 10.1 Å². The van der Waals surface area contributed by atoms with Crippen molar-refractivity contribution in [3.63, 3.8) is 0 Å². The topological polar surface area (TPSA) is 64.9 Å². The fourth-order valence-corrected chi connectivity index (χ4v) is 1.74. The van der Waals surface area contributed by atoms with Crippen LogP contribution in [0.4, 0.5) is 0 Å². The van der Waals surface area contributed by atoms with Crippen molar-refractivity contribution in [2.45, 2.75) is 19.5 Å². The van der Waals surface area contributed by atoms with E-state index in [1.165, 1.54) is 0 Å². The quantitative estimate of drug-likeness (QED) is 0.856. The Kier molecular flexibility index (Phi) is 3.88. The molecule has 2 rings (SSSR count). The summed E-state index contributed by atoms with van der Waals surface area (Å²) < 4.78 is 6.97. The van der Waals surface area contributed by atoms with Gasteiger partial charge >= 0.3 is 0 Å². The first-order chi connectivity index (χ1) is 8.70. The SMILES string of the molecule is COc1cnccc1C(C)NCc1ncn(C)n1. The molecule has 6 nitrogen and oxygen atoms in total. The van der Waals surface area contributed by atoms with Crippen molar-refractivity contribution < 1.29 is 4.74 Å². The van der Waals surface area contributed by atoms with Crippen LogP contribution in [0.25, 0.3) is 0 Å². The Labute approximate surface area is 106 Å². The summed E-state index contributed by atoms with van der Waals surface area (Å²) in [5, 5.41) is 7.58. The van der Waals surface area contributed by atoms with Gasteiger partial charge < -0.3 is 10.1 Å². The van der Waals surface area contributed by atoms with Crippen LogP contribution in [0, 0.1) is 0 Å². The molecule has 0 aliphatic carbocycles. The molecule has 2 aromatic heterocycles. The minimum atomic E-state index is 0.145. The number of hydrogen-bond acceptors (Lipinski definition) is 5. The molecule has 0 aliphatic heterocycles. The molecule has 0 saturated carbocycles. The number of ether oxygens (including phenoxy) is 1. The molecule has 0 saturated heterocycles. The summed E-state index contributed by atoms with van der Waals surface area (Å²) in [6, 6.07) is 2.09. The number of aryl methyl sites for hydroxylation is 1. The van der Waals surface area contributed by atoms with Crippen LogP contribution in [0.15, 0.2) is 24.8 Å². The first kappa shape index (κ1) is 12.5. The Balaban J connectivity index is 2.01. The lowest BCUT2D eigenvalue weighted by atomic mass is 10.1. The van der Waals surface area contributed by atoms with E-state index in [1.807, 2.05) is 13.1 Å². The summed E-state index contributed by atoms with van der Waals surface area (Å²) in [5.74, 6) is 1.56. The third-order valence-corrected chi connectivity index (χ3v) is 2.72. The second-order valence-electron chi connectivity index (χ2n) is 4.05. The molecule has 2 heterocycles. The maximum Gasteiger partial charge on any atom is 0.164 e. The molecule has 0 aromatic carbocycles. The molecule has 0 bridgehead atoms. The van der Waals surface area contributed by atoms with E-state index in [4.69, 9.17) is 4.74 Å². The fourth-order valence-electron chi connectivity index (χ4n) is 1.74. The highest BCUT2D eigenvalue weighted by Gasteiger charge is 2.11. The lowest BCUT2D eigenvalue weighted by Crippen LogP contribution is -2.19. The lowest BCUT2D eigenvalue weighted by Gasteiger charge is -2.15. The lowest BCUT2D eigenvalue weighted by molar-refractivity contribution is 0.399. The van der Waals surface area contributed by atoms with Crippen molar-refractivity contribution >= 4 is 0 Å². The van der Waals surface area contributed by atoms with E-state index in [2.05, 4.69) is 27.3 Å². The molecule has 6 heteroatoms. The highest BCUT2D eigenvalue weighted by molar-refractivity contribution is 5.32. The maximum atomic E-state index is 5.28. The smallest absolute Gasteiger partial charge is 0.164 e. The highest BCUT2D eigenvalue weighted by Crippen LogP contribution is 2.23. The first-order valence-corrected chi connectivity index (χ1v) is 5.76. The summed E-state index contributed by atoms with van der Waals surface area (Å²) in [6.45, 7) is 2.69. The van der Waals surface area contributed by atoms with E-state index in [-0.39, 0.29) is 6.04 Å². The predicted octanol–water partition coefficient (Wildman–Crippen LogP) is 1.07. The van der Waals surface area contributed by atoms with Crippen LogP contribution in [-0.2, 0) is 13.6 Å². The van der Waals surface area contributed by atoms with E-state index in [0.29, 0.717) is 6.54 Å². The molecule has 96 valence electrons. The van der Waals surface area contributed by atoms with Gasteiger partial charge in [0.15, 0.2) is 5.82 Å². The van der Waals surface area contributed by atoms with Gasteiger partial charge in [0.05, 0.1) is 19.9 Å². The molecule has 0 amide bonds. The number of rotatable bonds is 5. The van der Waals surface area contributed by atoms with Crippen molar-refractivity contribution in [2.75, 3.05) is 7.11 Å². The van der Waals surface area contributed by atoms with Gasteiger partial charge in [-0.1, -0.05) is 0 Å². The standard InChI is InChI=1S/C12H17N5O/c1-9(10-4-5-13-6-11(10)18-3)14-7-12-15-8-17(2)16-12/h4-6,8-9,14H,7H2,1-3H3. The molecular weight excluding hydrogens is 230 g/mol. The number of hydrogen-bond donors (Lipinski definition) is 1. The summed E-state index contributed by atoms with van der Waals surface area (Å²) in [4.78, 5) is 8.21. The van der Waals surface area contributed by atoms with Gasteiger partial charge in [0.1, 0.15) is 12.1 Å². The van der Waals surface area contributed by atoms with E-state index in [9.17, 15) is 0 Å². The van der Waals surface area contributed by atoms with Gasteiger partial charge in [0, 0.05) is 24.8 Å².